The molecule has 0 aliphatic heterocycles. The van der Waals surface area contributed by atoms with Crippen LogP contribution in [-0.4, -0.2) is 23.0 Å². The molecule has 0 radical (unpaired) electrons. The summed E-state index contributed by atoms with van der Waals surface area (Å²) < 4.78 is 5.04. The first kappa shape index (κ1) is 18.0. The Balaban J connectivity index is 1.88. The third-order valence-corrected chi connectivity index (χ3v) is 3.36. The zero-order valence-corrected chi connectivity index (χ0v) is 14.2. The highest BCUT2D eigenvalue weighted by Gasteiger charge is 2.17. The van der Waals surface area contributed by atoms with Gasteiger partial charge in [0.15, 0.2) is 6.10 Å². The Morgan fingerprint density at radius 3 is 2.67 bits per heavy atom. The van der Waals surface area contributed by atoms with Crippen molar-refractivity contribution in [3.63, 3.8) is 0 Å². The predicted octanol–water partition coefficient (Wildman–Crippen LogP) is 3.97. The Labute approximate surface area is 149 Å². The standard InChI is InChI=1S/C17H14Cl2N2O3/c1-11(17(23)21-15-7-6-14(19)10-20-15)24-16(22)8-5-12-3-2-4-13(18)9-12/h2-11H,1H3,(H,20,21,23)/b8-5+/t11-/m0/s1. The number of carbonyl (C=O) groups is 2. The first-order valence-electron chi connectivity index (χ1n) is 7.01. The number of hydrogen-bond donors (Lipinski definition) is 1. The molecule has 1 atom stereocenters. The summed E-state index contributed by atoms with van der Waals surface area (Å²) in [5.74, 6) is -0.808. The monoisotopic (exact) mass is 364 g/mol. The van der Waals surface area contributed by atoms with Gasteiger partial charge in [0.05, 0.1) is 5.02 Å². The Morgan fingerprint density at radius 2 is 2.00 bits per heavy atom. The smallest absolute Gasteiger partial charge is 0.331 e. The summed E-state index contributed by atoms with van der Waals surface area (Å²) in [5, 5.41) is 3.55. The molecule has 0 aliphatic rings. The number of halogens is 2. The molecule has 1 amide bonds. The van der Waals surface area contributed by atoms with Crippen molar-refractivity contribution in [2.45, 2.75) is 13.0 Å². The third kappa shape index (κ3) is 5.68. The highest BCUT2D eigenvalue weighted by atomic mass is 35.5. The zero-order chi connectivity index (χ0) is 17.5. The maximum Gasteiger partial charge on any atom is 0.331 e. The van der Waals surface area contributed by atoms with Gasteiger partial charge in [-0.3, -0.25) is 4.79 Å². The van der Waals surface area contributed by atoms with Crippen molar-refractivity contribution in [3.05, 3.63) is 64.3 Å². The van der Waals surface area contributed by atoms with E-state index in [2.05, 4.69) is 10.3 Å². The largest absolute Gasteiger partial charge is 0.449 e. The first-order valence-corrected chi connectivity index (χ1v) is 7.76. The lowest BCUT2D eigenvalue weighted by Gasteiger charge is -2.11. The van der Waals surface area contributed by atoms with Crippen LogP contribution in [0.3, 0.4) is 0 Å². The van der Waals surface area contributed by atoms with E-state index in [9.17, 15) is 9.59 Å². The topological polar surface area (TPSA) is 68.3 Å². The molecule has 24 heavy (non-hydrogen) atoms. The number of ether oxygens (including phenoxy) is 1. The number of nitrogens with zero attached hydrogens (tertiary/aromatic N) is 1. The Kier molecular flexibility index (Phi) is 6.35. The number of nitrogens with one attached hydrogen (secondary N) is 1. The van der Waals surface area contributed by atoms with E-state index in [-0.39, 0.29) is 0 Å². The van der Waals surface area contributed by atoms with Crippen molar-refractivity contribution < 1.29 is 14.3 Å². The first-order chi connectivity index (χ1) is 11.4. The summed E-state index contributed by atoms with van der Waals surface area (Å²) in [6.07, 6.45) is 3.22. The molecular weight excluding hydrogens is 351 g/mol. The molecule has 0 saturated heterocycles. The van der Waals surface area contributed by atoms with Crippen molar-refractivity contribution >= 4 is 47.0 Å². The number of amides is 1. The number of benzene rings is 1. The van der Waals surface area contributed by atoms with Gasteiger partial charge in [0, 0.05) is 17.3 Å². The zero-order valence-electron chi connectivity index (χ0n) is 12.7. The summed E-state index contributed by atoms with van der Waals surface area (Å²) in [7, 11) is 0. The van der Waals surface area contributed by atoms with Gasteiger partial charge in [-0.2, -0.15) is 0 Å². The average molecular weight is 365 g/mol. The lowest BCUT2D eigenvalue weighted by atomic mass is 10.2. The molecular formula is C17H14Cl2N2O3. The van der Waals surface area contributed by atoms with Crippen LogP contribution in [0.1, 0.15) is 12.5 Å². The van der Waals surface area contributed by atoms with E-state index >= 15 is 0 Å². The van der Waals surface area contributed by atoms with E-state index in [0.717, 1.165) is 5.56 Å². The molecule has 0 saturated carbocycles. The van der Waals surface area contributed by atoms with E-state index in [1.165, 1.54) is 19.2 Å². The number of carbonyl (C=O) groups excluding carboxylic acids is 2. The molecule has 0 fully saturated rings. The Bertz CT molecular complexity index is 761. The summed E-state index contributed by atoms with van der Waals surface area (Å²) in [6, 6.07) is 10.1. The SMILES string of the molecule is C[C@H](OC(=O)/C=C/c1cccc(Cl)c1)C(=O)Nc1ccc(Cl)cn1. The van der Waals surface area contributed by atoms with Gasteiger partial charge in [-0.25, -0.2) is 9.78 Å². The Morgan fingerprint density at radius 1 is 1.21 bits per heavy atom. The fraction of sp³-hybridized carbons (Fsp3) is 0.118. The van der Waals surface area contributed by atoms with Crippen LogP contribution in [0.15, 0.2) is 48.7 Å². The molecule has 2 rings (SSSR count). The maximum absolute atomic E-state index is 11.9. The van der Waals surface area contributed by atoms with Gasteiger partial charge < -0.3 is 10.1 Å². The molecule has 5 nitrogen and oxygen atoms in total. The number of anilines is 1. The van der Waals surface area contributed by atoms with Crippen molar-refractivity contribution in [3.8, 4) is 0 Å². The second-order valence-electron chi connectivity index (χ2n) is 4.82. The van der Waals surface area contributed by atoms with Crippen LogP contribution in [0.25, 0.3) is 6.08 Å². The van der Waals surface area contributed by atoms with Gasteiger partial charge in [0.25, 0.3) is 5.91 Å². The molecule has 1 heterocycles. The van der Waals surface area contributed by atoms with Gasteiger partial charge in [0.1, 0.15) is 5.82 Å². The normalized spacial score (nSPS) is 12.0. The summed E-state index contributed by atoms with van der Waals surface area (Å²) >= 11 is 11.6. The lowest BCUT2D eigenvalue weighted by molar-refractivity contribution is -0.148. The highest BCUT2D eigenvalue weighted by molar-refractivity contribution is 6.30. The number of hydrogen-bond acceptors (Lipinski definition) is 4. The van der Waals surface area contributed by atoms with Crippen LogP contribution < -0.4 is 5.32 Å². The minimum atomic E-state index is -0.973. The van der Waals surface area contributed by atoms with E-state index in [1.54, 1.807) is 42.5 Å². The second-order valence-corrected chi connectivity index (χ2v) is 5.69. The van der Waals surface area contributed by atoms with Crippen LogP contribution >= 0.6 is 23.2 Å². The van der Waals surface area contributed by atoms with E-state index in [4.69, 9.17) is 27.9 Å². The van der Waals surface area contributed by atoms with Crippen LogP contribution in [-0.2, 0) is 14.3 Å². The molecule has 0 spiro atoms. The summed E-state index contributed by atoms with van der Waals surface area (Å²) in [5.41, 5.74) is 0.752. The van der Waals surface area contributed by atoms with Gasteiger partial charge >= 0.3 is 5.97 Å². The highest BCUT2D eigenvalue weighted by Crippen LogP contribution is 2.12. The maximum atomic E-state index is 11.9. The molecule has 2 aromatic rings. The predicted molar refractivity (Wildman–Crippen MR) is 93.9 cm³/mol. The third-order valence-electron chi connectivity index (χ3n) is 2.90. The van der Waals surface area contributed by atoms with Crippen molar-refractivity contribution in [2.24, 2.45) is 0 Å². The molecule has 0 bridgehead atoms. The van der Waals surface area contributed by atoms with Gasteiger partial charge in [-0.15, -0.1) is 0 Å². The van der Waals surface area contributed by atoms with Crippen molar-refractivity contribution in [1.82, 2.24) is 4.98 Å². The minimum absolute atomic E-state index is 0.321. The van der Waals surface area contributed by atoms with E-state index in [1.807, 2.05) is 0 Å². The number of rotatable bonds is 5. The average Bonchev–Trinajstić information content (AvgIpc) is 2.55. The molecule has 1 aromatic heterocycles. The van der Waals surface area contributed by atoms with Gasteiger partial charge in [-0.1, -0.05) is 35.3 Å². The fourth-order valence-corrected chi connectivity index (χ4v) is 2.03. The van der Waals surface area contributed by atoms with Crippen LogP contribution in [0.4, 0.5) is 5.82 Å². The molecule has 1 aromatic carbocycles. The summed E-state index contributed by atoms with van der Waals surface area (Å²) in [6.45, 7) is 1.47. The van der Waals surface area contributed by atoms with Crippen LogP contribution in [0.5, 0.6) is 0 Å². The molecule has 1 N–H and O–H groups in total. The minimum Gasteiger partial charge on any atom is -0.449 e. The van der Waals surface area contributed by atoms with Crippen LogP contribution in [0.2, 0.25) is 10.0 Å². The van der Waals surface area contributed by atoms with Crippen molar-refractivity contribution in [1.29, 1.82) is 0 Å². The van der Waals surface area contributed by atoms with E-state index in [0.29, 0.717) is 15.9 Å². The summed E-state index contributed by atoms with van der Waals surface area (Å²) in [4.78, 5) is 27.6. The van der Waals surface area contributed by atoms with Gasteiger partial charge in [-0.05, 0) is 42.8 Å². The number of aromatic nitrogens is 1. The number of esters is 1. The second kappa shape index (κ2) is 8.47. The number of pyridine rings is 1. The molecule has 0 unspecified atom stereocenters. The van der Waals surface area contributed by atoms with E-state index < -0.39 is 18.0 Å². The fourth-order valence-electron chi connectivity index (χ4n) is 1.72. The lowest BCUT2D eigenvalue weighted by Crippen LogP contribution is -2.29. The Hall–Kier alpha value is -2.37. The molecule has 124 valence electrons. The molecule has 0 aliphatic carbocycles. The quantitative estimate of drug-likeness (QED) is 0.643. The van der Waals surface area contributed by atoms with Crippen LogP contribution in [0, 0.1) is 0 Å². The van der Waals surface area contributed by atoms with Gasteiger partial charge in [0.2, 0.25) is 0 Å². The molecule has 7 heteroatoms. The van der Waals surface area contributed by atoms with Crippen molar-refractivity contribution in [2.75, 3.05) is 5.32 Å².